The largest absolute Gasteiger partial charge is 0.373 e. The third-order valence-corrected chi connectivity index (χ3v) is 2.78. The van der Waals surface area contributed by atoms with Crippen LogP contribution in [0.3, 0.4) is 0 Å². The van der Waals surface area contributed by atoms with Crippen molar-refractivity contribution in [3.63, 3.8) is 0 Å². The molecule has 0 bridgehead atoms. The van der Waals surface area contributed by atoms with Crippen LogP contribution in [-0.4, -0.2) is 15.1 Å². The second-order valence-electron chi connectivity index (χ2n) is 3.82. The highest BCUT2D eigenvalue weighted by atomic mass is 35.5. The van der Waals surface area contributed by atoms with Crippen LogP contribution in [0, 0.1) is 10.1 Å². The molecular weight excluding hydrogens is 256 g/mol. The number of aromatic nitrogens is 2. The fourth-order valence-corrected chi connectivity index (χ4v) is 1.76. The summed E-state index contributed by atoms with van der Waals surface area (Å²) in [6.45, 7) is 1.89. The summed E-state index contributed by atoms with van der Waals surface area (Å²) in [4.78, 5) is 10.5. The van der Waals surface area contributed by atoms with Gasteiger partial charge in [0.15, 0.2) is 0 Å². The molecule has 0 saturated carbocycles. The summed E-state index contributed by atoms with van der Waals surface area (Å²) >= 11 is 5.75. The van der Waals surface area contributed by atoms with Crippen molar-refractivity contribution < 1.29 is 4.92 Å². The van der Waals surface area contributed by atoms with E-state index in [2.05, 4.69) is 15.5 Å². The molecule has 2 aromatic rings. The van der Waals surface area contributed by atoms with Gasteiger partial charge in [-0.15, -0.1) is 0 Å². The quantitative estimate of drug-likeness (QED) is 0.658. The van der Waals surface area contributed by atoms with Crippen molar-refractivity contribution in [2.24, 2.45) is 0 Å². The minimum Gasteiger partial charge on any atom is -0.373 e. The maximum Gasteiger partial charge on any atom is 0.293 e. The van der Waals surface area contributed by atoms with Gasteiger partial charge in [0.25, 0.3) is 5.69 Å². The second kappa shape index (κ2) is 5.05. The molecule has 0 radical (unpaired) electrons. The van der Waals surface area contributed by atoms with E-state index in [9.17, 15) is 10.1 Å². The predicted octanol–water partition coefficient (Wildman–Crippen LogP) is 3.14. The highest BCUT2D eigenvalue weighted by Crippen LogP contribution is 2.30. The number of hydrogen-bond donors (Lipinski definition) is 2. The average molecular weight is 267 g/mol. The first-order valence-corrected chi connectivity index (χ1v) is 5.65. The molecule has 2 rings (SSSR count). The minimum absolute atomic E-state index is 0.0437. The Bertz CT molecular complexity index is 556. The van der Waals surface area contributed by atoms with Crippen LogP contribution in [0.5, 0.6) is 0 Å². The number of anilines is 1. The van der Waals surface area contributed by atoms with E-state index in [0.717, 1.165) is 5.56 Å². The van der Waals surface area contributed by atoms with Gasteiger partial charge in [0, 0.05) is 22.8 Å². The summed E-state index contributed by atoms with van der Waals surface area (Å²) in [6, 6.07) is 4.44. The number of aromatic amines is 1. The number of benzene rings is 1. The van der Waals surface area contributed by atoms with Crippen molar-refractivity contribution in [2.45, 2.75) is 13.0 Å². The number of rotatable bonds is 4. The Balaban J connectivity index is 2.26. The number of hydrogen-bond acceptors (Lipinski definition) is 4. The van der Waals surface area contributed by atoms with E-state index in [-0.39, 0.29) is 11.7 Å². The molecule has 18 heavy (non-hydrogen) atoms. The Labute approximate surface area is 108 Å². The first kappa shape index (κ1) is 12.4. The molecule has 0 amide bonds. The van der Waals surface area contributed by atoms with E-state index in [1.54, 1.807) is 24.5 Å². The van der Waals surface area contributed by atoms with Crippen LogP contribution < -0.4 is 5.32 Å². The predicted molar refractivity (Wildman–Crippen MR) is 68.7 cm³/mol. The molecule has 1 aromatic heterocycles. The highest BCUT2D eigenvalue weighted by Gasteiger charge is 2.16. The molecule has 94 valence electrons. The summed E-state index contributed by atoms with van der Waals surface area (Å²) in [6.07, 6.45) is 3.40. The number of halogens is 1. The standard InChI is InChI=1S/C11H11ClN4O2/c1-7(8-5-13-14-6-8)15-10-3-2-9(12)4-11(10)16(17)18/h2-7,15H,1H3,(H,13,14)/t7-/m0/s1. The van der Waals surface area contributed by atoms with Crippen molar-refractivity contribution in [3.8, 4) is 0 Å². The van der Waals surface area contributed by atoms with Gasteiger partial charge in [0.1, 0.15) is 5.69 Å². The second-order valence-corrected chi connectivity index (χ2v) is 4.25. The Kier molecular flexibility index (Phi) is 3.47. The molecule has 0 aliphatic carbocycles. The molecule has 6 nitrogen and oxygen atoms in total. The maximum absolute atomic E-state index is 10.9. The fraction of sp³-hybridized carbons (Fsp3) is 0.182. The van der Waals surface area contributed by atoms with Gasteiger partial charge in [-0.05, 0) is 19.1 Å². The van der Waals surface area contributed by atoms with Crippen LogP contribution in [0.1, 0.15) is 18.5 Å². The molecule has 0 unspecified atom stereocenters. The van der Waals surface area contributed by atoms with Crippen molar-refractivity contribution in [2.75, 3.05) is 5.32 Å². The number of nitrogens with zero attached hydrogens (tertiary/aromatic N) is 2. The van der Waals surface area contributed by atoms with Crippen LogP contribution in [-0.2, 0) is 0 Å². The van der Waals surface area contributed by atoms with Gasteiger partial charge in [-0.25, -0.2) is 0 Å². The van der Waals surface area contributed by atoms with Crippen molar-refractivity contribution in [3.05, 3.63) is 51.3 Å². The lowest BCUT2D eigenvalue weighted by Crippen LogP contribution is -2.07. The van der Waals surface area contributed by atoms with Gasteiger partial charge in [-0.3, -0.25) is 15.2 Å². The average Bonchev–Trinajstić information content (AvgIpc) is 2.84. The summed E-state index contributed by atoms with van der Waals surface area (Å²) in [5.41, 5.74) is 1.30. The Morgan fingerprint density at radius 2 is 2.33 bits per heavy atom. The normalized spacial score (nSPS) is 12.1. The van der Waals surface area contributed by atoms with Crippen molar-refractivity contribution in [1.29, 1.82) is 0 Å². The lowest BCUT2D eigenvalue weighted by molar-refractivity contribution is -0.384. The van der Waals surface area contributed by atoms with Crippen molar-refractivity contribution >= 4 is 23.0 Å². The summed E-state index contributed by atoms with van der Waals surface area (Å²) in [7, 11) is 0. The maximum atomic E-state index is 10.9. The van der Waals surface area contributed by atoms with Crippen LogP contribution in [0.4, 0.5) is 11.4 Å². The van der Waals surface area contributed by atoms with E-state index in [1.807, 2.05) is 6.92 Å². The zero-order chi connectivity index (χ0) is 13.1. The van der Waals surface area contributed by atoms with Gasteiger partial charge in [-0.2, -0.15) is 5.10 Å². The monoisotopic (exact) mass is 266 g/mol. The van der Waals surface area contributed by atoms with Crippen LogP contribution in [0.2, 0.25) is 5.02 Å². The fourth-order valence-electron chi connectivity index (χ4n) is 1.59. The lowest BCUT2D eigenvalue weighted by atomic mass is 10.1. The van der Waals surface area contributed by atoms with Crippen molar-refractivity contribution in [1.82, 2.24) is 10.2 Å². The summed E-state index contributed by atoms with van der Waals surface area (Å²) < 4.78 is 0. The molecule has 0 aliphatic heterocycles. The molecule has 0 spiro atoms. The molecule has 0 saturated heterocycles. The van der Waals surface area contributed by atoms with Crippen LogP contribution in [0.15, 0.2) is 30.6 Å². The zero-order valence-corrected chi connectivity index (χ0v) is 10.3. The van der Waals surface area contributed by atoms with Crippen LogP contribution in [0.25, 0.3) is 0 Å². The van der Waals surface area contributed by atoms with E-state index < -0.39 is 4.92 Å². The molecule has 7 heteroatoms. The SMILES string of the molecule is C[C@H](Nc1ccc(Cl)cc1[N+](=O)[O-])c1cn[nH]c1. The molecule has 1 aromatic carbocycles. The number of nitrogens with one attached hydrogen (secondary N) is 2. The van der Waals surface area contributed by atoms with Gasteiger partial charge in [-0.1, -0.05) is 11.6 Å². The Morgan fingerprint density at radius 1 is 1.56 bits per heavy atom. The van der Waals surface area contributed by atoms with E-state index in [0.29, 0.717) is 10.7 Å². The Morgan fingerprint density at radius 3 is 2.94 bits per heavy atom. The zero-order valence-electron chi connectivity index (χ0n) is 9.55. The third-order valence-electron chi connectivity index (χ3n) is 2.55. The molecule has 1 atom stereocenters. The third kappa shape index (κ3) is 2.60. The first-order valence-electron chi connectivity index (χ1n) is 5.27. The molecule has 2 N–H and O–H groups in total. The van der Waals surface area contributed by atoms with Gasteiger partial charge in [0.05, 0.1) is 17.2 Å². The first-order chi connectivity index (χ1) is 8.58. The van der Waals surface area contributed by atoms with E-state index in [4.69, 9.17) is 11.6 Å². The highest BCUT2D eigenvalue weighted by molar-refractivity contribution is 6.30. The van der Waals surface area contributed by atoms with Gasteiger partial charge in [0.2, 0.25) is 0 Å². The lowest BCUT2D eigenvalue weighted by Gasteiger charge is -2.13. The summed E-state index contributed by atoms with van der Waals surface area (Å²) in [5, 5.41) is 20.9. The topological polar surface area (TPSA) is 83.8 Å². The van der Waals surface area contributed by atoms with Gasteiger partial charge < -0.3 is 5.32 Å². The van der Waals surface area contributed by atoms with E-state index in [1.165, 1.54) is 6.07 Å². The smallest absolute Gasteiger partial charge is 0.293 e. The minimum atomic E-state index is -0.462. The number of nitro groups is 1. The Hall–Kier alpha value is -2.08. The molecular formula is C11H11ClN4O2. The van der Waals surface area contributed by atoms with Crippen LogP contribution >= 0.6 is 11.6 Å². The van der Waals surface area contributed by atoms with E-state index >= 15 is 0 Å². The molecule has 0 aliphatic rings. The van der Waals surface area contributed by atoms with Gasteiger partial charge >= 0.3 is 0 Å². The number of nitro benzene ring substituents is 1. The number of H-pyrrole nitrogens is 1. The summed E-state index contributed by atoms with van der Waals surface area (Å²) in [5.74, 6) is 0. The molecule has 1 heterocycles. The molecule has 0 fully saturated rings.